The summed E-state index contributed by atoms with van der Waals surface area (Å²) in [5.41, 5.74) is 2.14. The van der Waals surface area contributed by atoms with Gasteiger partial charge in [0.1, 0.15) is 5.75 Å². The summed E-state index contributed by atoms with van der Waals surface area (Å²) >= 11 is 7.44. The van der Waals surface area contributed by atoms with Gasteiger partial charge in [0.2, 0.25) is 5.91 Å². The third kappa shape index (κ3) is 5.48. The van der Waals surface area contributed by atoms with Crippen molar-refractivity contribution in [3.05, 3.63) is 64.7 Å². The first kappa shape index (κ1) is 17.7. The lowest BCUT2D eigenvalue weighted by atomic mass is 10.1. The van der Waals surface area contributed by atoms with Crippen LogP contribution >= 0.6 is 23.4 Å². The number of hydrogen-bond acceptors (Lipinski definition) is 3. The van der Waals surface area contributed by atoms with Crippen molar-refractivity contribution < 1.29 is 9.53 Å². The van der Waals surface area contributed by atoms with Crippen molar-refractivity contribution >= 4 is 29.3 Å². The van der Waals surface area contributed by atoms with E-state index in [0.29, 0.717) is 5.75 Å². The maximum atomic E-state index is 12.1. The number of ether oxygens (including phenoxy) is 1. The molecule has 2 rings (SSSR count). The smallest absolute Gasteiger partial charge is 0.230 e. The van der Waals surface area contributed by atoms with Gasteiger partial charge in [-0.1, -0.05) is 41.9 Å². The number of methoxy groups -OCH3 is 1. The zero-order valence-electron chi connectivity index (χ0n) is 13.2. The van der Waals surface area contributed by atoms with Crippen molar-refractivity contribution in [3.8, 4) is 5.75 Å². The van der Waals surface area contributed by atoms with Crippen LogP contribution in [-0.4, -0.2) is 18.8 Å². The fraction of sp³-hybridized carbons (Fsp3) is 0.278. The van der Waals surface area contributed by atoms with Crippen LogP contribution in [0, 0.1) is 0 Å². The zero-order valence-corrected chi connectivity index (χ0v) is 14.8. The van der Waals surface area contributed by atoms with E-state index in [1.807, 2.05) is 55.5 Å². The van der Waals surface area contributed by atoms with Crippen LogP contribution < -0.4 is 10.1 Å². The molecule has 0 spiro atoms. The summed E-state index contributed by atoms with van der Waals surface area (Å²) < 4.78 is 5.33. The van der Waals surface area contributed by atoms with Crippen LogP contribution in [0.5, 0.6) is 5.75 Å². The molecule has 23 heavy (non-hydrogen) atoms. The SMILES string of the molecule is COc1ccccc1[C@H](C)NC(=O)CSCc1ccc(Cl)cc1. The van der Waals surface area contributed by atoms with Gasteiger partial charge in [-0.3, -0.25) is 4.79 Å². The number of carbonyl (C=O) groups is 1. The van der Waals surface area contributed by atoms with Gasteiger partial charge in [0.25, 0.3) is 0 Å². The molecule has 0 aliphatic rings. The van der Waals surface area contributed by atoms with Crippen molar-refractivity contribution in [2.45, 2.75) is 18.7 Å². The summed E-state index contributed by atoms with van der Waals surface area (Å²) in [6, 6.07) is 15.3. The van der Waals surface area contributed by atoms with E-state index in [0.717, 1.165) is 27.7 Å². The number of halogens is 1. The Morgan fingerprint density at radius 1 is 1.22 bits per heavy atom. The normalized spacial score (nSPS) is 11.8. The molecular weight excluding hydrogens is 330 g/mol. The number of para-hydroxylation sites is 1. The Bertz CT molecular complexity index is 646. The van der Waals surface area contributed by atoms with E-state index < -0.39 is 0 Å². The lowest BCUT2D eigenvalue weighted by molar-refractivity contribution is -0.119. The molecule has 3 nitrogen and oxygen atoms in total. The standard InChI is InChI=1S/C18H20ClNO2S/c1-13(16-5-3-4-6-17(16)22-2)20-18(21)12-23-11-14-7-9-15(19)10-8-14/h3-10,13H,11-12H2,1-2H3,(H,20,21)/t13-/m0/s1. The number of carbonyl (C=O) groups excluding carboxylic acids is 1. The fourth-order valence-corrected chi connectivity index (χ4v) is 3.15. The Labute approximate surface area is 146 Å². The highest BCUT2D eigenvalue weighted by atomic mass is 35.5. The molecule has 122 valence electrons. The van der Waals surface area contributed by atoms with Crippen molar-refractivity contribution in [2.75, 3.05) is 12.9 Å². The minimum Gasteiger partial charge on any atom is -0.496 e. The quantitative estimate of drug-likeness (QED) is 0.802. The molecule has 0 aliphatic carbocycles. The van der Waals surface area contributed by atoms with Crippen molar-refractivity contribution in [1.82, 2.24) is 5.32 Å². The molecule has 2 aromatic rings. The van der Waals surface area contributed by atoms with E-state index in [1.54, 1.807) is 18.9 Å². The Morgan fingerprint density at radius 3 is 2.61 bits per heavy atom. The number of thioether (sulfide) groups is 1. The molecule has 0 unspecified atom stereocenters. The molecule has 2 aromatic carbocycles. The predicted molar refractivity (Wildman–Crippen MR) is 97.2 cm³/mol. The highest BCUT2D eigenvalue weighted by molar-refractivity contribution is 7.99. The van der Waals surface area contributed by atoms with Crippen LogP contribution in [0.2, 0.25) is 5.02 Å². The van der Waals surface area contributed by atoms with Crippen LogP contribution in [0.25, 0.3) is 0 Å². The van der Waals surface area contributed by atoms with Gasteiger partial charge in [-0.2, -0.15) is 0 Å². The summed E-state index contributed by atoms with van der Waals surface area (Å²) in [6.45, 7) is 1.96. The van der Waals surface area contributed by atoms with Crippen LogP contribution in [0.4, 0.5) is 0 Å². The minimum atomic E-state index is -0.0882. The number of hydrogen-bond donors (Lipinski definition) is 1. The highest BCUT2D eigenvalue weighted by Crippen LogP contribution is 2.24. The van der Waals surface area contributed by atoms with E-state index in [9.17, 15) is 4.79 Å². The molecule has 0 heterocycles. The zero-order chi connectivity index (χ0) is 16.7. The van der Waals surface area contributed by atoms with Gasteiger partial charge in [0.05, 0.1) is 18.9 Å². The van der Waals surface area contributed by atoms with Crippen molar-refractivity contribution in [2.24, 2.45) is 0 Å². The molecule has 0 fully saturated rings. The summed E-state index contributed by atoms with van der Waals surface area (Å²) in [6.07, 6.45) is 0. The molecule has 1 N–H and O–H groups in total. The van der Waals surface area contributed by atoms with E-state index in [1.165, 1.54) is 0 Å². The maximum absolute atomic E-state index is 12.1. The second-order valence-corrected chi connectivity index (χ2v) is 6.57. The summed E-state index contributed by atoms with van der Waals surface area (Å²) in [7, 11) is 1.63. The van der Waals surface area contributed by atoms with Crippen molar-refractivity contribution in [1.29, 1.82) is 0 Å². The first-order valence-electron chi connectivity index (χ1n) is 7.34. The van der Waals surface area contributed by atoms with Gasteiger partial charge in [-0.25, -0.2) is 0 Å². The van der Waals surface area contributed by atoms with Gasteiger partial charge < -0.3 is 10.1 Å². The molecule has 0 aliphatic heterocycles. The van der Waals surface area contributed by atoms with E-state index in [-0.39, 0.29) is 11.9 Å². The number of amides is 1. The average molecular weight is 350 g/mol. The van der Waals surface area contributed by atoms with Gasteiger partial charge in [0.15, 0.2) is 0 Å². The van der Waals surface area contributed by atoms with Crippen LogP contribution in [0.1, 0.15) is 24.1 Å². The molecule has 0 aromatic heterocycles. The molecule has 0 bridgehead atoms. The monoisotopic (exact) mass is 349 g/mol. The lowest BCUT2D eigenvalue weighted by Crippen LogP contribution is -2.28. The summed E-state index contributed by atoms with van der Waals surface area (Å²) in [5.74, 6) is 2.01. The second kappa shape index (κ2) is 8.85. The Balaban J connectivity index is 1.81. The van der Waals surface area contributed by atoms with Crippen LogP contribution in [-0.2, 0) is 10.5 Å². The second-order valence-electron chi connectivity index (χ2n) is 5.15. The lowest BCUT2D eigenvalue weighted by Gasteiger charge is -2.17. The topological polar surface area (TPSA) is 38.3 Å². The average Bonchev–Trinajstić information content (AvgIpc) is 2.56. The maximum Gasteiger partial charge on any atom is 0.230 e. The third-order valence-corrected chi connectivity index (χ3v) is 4.65. The third-order valence-electron chi connectivity index (χ3n) is 3.40. The van der Waals surface area contributed by atoms with E-state index >= 15 is 0 Å². The Hall–Kier alpha value is -1.65. The minimum absolute atomic E-state index is 0.0161. The van der Waals surface area contributed by atoms with Crippen LogP contribution in [0.3, 0.4) is 0 Å². The number of rotatable bonds is 7. The molecule has 0 radical (unpaired) electrons. The Morgan fingerprint density at radius 2 is 1.91 bits per heavy atom. The van der Waals surface area contributed by atoms with Gasteiger partial charge >= 0.3 is 0 Å². The molecule has 0 saturated heterocycles. The highest BCUT2D eigenvalue weighted by Gasteiger charge is 2.13. The molecule has 5 heteroatoms. The molecular formula is C18H20ClNO2S. The molecule has 0 saturated carbocycles. The number of benzene rings is 2. The number of nitrogens with one attached hydrogen (secondary N) is 1. The summed E-state index contributed by atoms with van der Waals surface area (Å²) in [5, 5.41) is 3.73. The van der Waals surface area contributed by atoms with Crippen molar-refractivity contribution in [3.63, 3.8) is 0 Å². The van der Waals surface area contributed by atoms with Gasteiger partial charge in [0, 0.05) is 16.3 Å². The molecule has 1 atom stereocenters. The van der Waals surface area contributed by atoms with E-state index in [2.05, 4.69) is 5.32 Å². The fourth-order valence-electron chi connectivity index (χ4n) is 2.23. The largest absolute Gasteiger partial charge is 0.496 e. The van der Waals surface area contributed by atoms with Crippen LogP contribution in [0.15, 0.2) is 48.5 Å². The first-order chi connectivity index (χ1) is 11.1. The Kier molecular flexibility index (Phi) is 6.81. The summed E-state index contributed by atoms with van der Waals surface area (Å²) in [4.78, 5) is 12.1. The van der Waals surface area contributed by atoms with E-state index in [4.69, 9.17) is 16.3 Å². The van der Waals surface area contributed by atoms with Gasteiger partial charge in [-0.05, 0) is 30.7 Å². The first-order valence-corrected chi connectivity index (χ1v) is 8.88. The predicted octanol–water partition coefficient (Wildman–Crippen LogP) is 4.46. The van der Waals surface area contributed by atoms with Gasteiger partial charge in [-0.15, -0.1) is 11.8 Å². The molecule has 1 amide bonds.